The van der Waals surface area contributed by atoms with E-state index in [4.69, 9.17) is 29.8 Å². The van der Waals surface area contributed by atoms with Gasteiger partial charge in [-0.05, 0) is 41.5 Å². The summed E-state index contributed by atoms with van der Waals surface area (Å²) in [5.41, 5.74) is 7.42. The van der Waals surface area contributed by atoms with Crippen LogP contribution in [0.2, 0.25) is 0 Å². The molecule has 1 amide bonds. The van der Waals surface area contributed by atoms with E-state index >= 15 is 0 Å². The summed E-state index contributed by atoms with van der Waals surface area (Å²) in [5.74, 6) is 1.09. The van der Waals surface area contributed by atoms with Gasteiger partial charge in [0.15, 0.2) is 11.5 Å². The van der Waals surface area contributed by atoms with Crippen molar-refractivity contribution in [2.75, 3.05) is 40.4 Å². The number of amides is 1. The molecule has 164 valence electrons. The Bertz CT molecular complexity index is 988. The molecule has 4 N–H and O–H groups in total. The van der Waals surface area contributed by atoms with Gasteiger partial charge in [-0.3, -0.25) is 4.79 Å². The van der Waals surface area contributed by atoms with Crippen LogP contribution in [0.5, 0.6) is 23.0 Å². The first-order valence-corrected chi connectivity index (χ1v) is 9.19. The van der Waals surface area contributed by atoms with Gasteiger partial charge >= 0.3 is 0 Å². The average molecular weight is 427 g/mol. The van der Waals surface area contributed by atoms with E-state index in [1.165, 1.54) is 28.4 Å². The maximum Gasteiger partial charge on any atom is 0.243 e. The number of hydrogen-bond donors (Lipinski definition) is 3. The standard InChI is InChI=1S/C22H25N3O6/c1-28-18-6-5-13(8-17(18)25-22(27)16(24)12-26)7-15(11-23)14-9-19(29-2)21(31-4)20(10-14)30-3/h5-10,16,26H,12,24H2,1-4H3,(H,25,27). The molecule has 0 saturated heterocycles. The lowest BCUT2D eigenvalue weighted by molar-refractivity contribution is -0.118. The van der Waals surface area contributed by atoms with Crippen molar-refractivity contribution in [2.45, 2.75) is 6.04 Å². The van der Waals surface area contributed by atoms with E-state index in [1.54, 1.807) is 36.4 Å². The van der Waals surface area contributed by atoms with Gasteiger partial charge in [0.2, 0.25) is 11.7 Å². The first-order chi connectivity index (χ1) is 14.9. The van der Waals surface area contributed by atoms with Crippen LogP contribution in [-0.2, 0) is 4.79 Å². The fraction of sp³-hybridized carbons (Fsp3) is 0.273. The van der Waals surface area contributed by atoms with Crippen LogP contribution in [0.4, 0.5) is 5.69 Å². The van der Waals surface area contributed by atoms with Crippen molar-refractivity contribution >= 4 is 23.2 Å². The molecule has 0 aliphatic heterocycles. The van der Waals surface area contributed by atoms with Crippen molar-refractivity contribution in [1.82, 2.24) is 0 Å². The lowest BCUT2D eigenvalue weighted by Gasteiger charge is -2.14. The number of nitrogens with two attached hydrogens (primary N) is 1. The summed E-state index contributed by atoms with van der Waals surface area (Å²) >= 11 is 0. The number of methoxy groups -OCH3 is 4. The van der Waals surface area contributed by atoms with Crippen LogP contribution in [0.15, 0.2) is 30.3 Å². The fourth-order valence-electron chi connectivity index (χ4n) is 2.80. The molecule has 2 aromatic rings. The number of ether oxygens (including phenoxy) is 4. The molecule has 31 heavy (non-hydrogen) atoms. The summed E-state index contributed by atoms with van der Waals surface area (Å²) in [5, 5.41) is 21.4. The minimum Gasteiger partial charge on any atom is -0.495 e. The Morgan fingerprint density at radius 1 is 1.10 bits per heavy atom. The Hall–Kier alpha value is -3.74. The zero-order chi connectivity index (χ0) is 23.0. The zero-order valence-corrected chi connectivity index (χ0v) is 17.8. The molecule has 1 unspecified atom stereocenters. The second-order valence-electron chi connectivity index (χ2n) is 6.32. The summed E-state index contributed by atoms with van der Waals surface area (Å²) in [7, 11) is 5.94. The number of anilines is 1. The van der Waals surface area contributed by atoms with E-state index in [9.17, 15) is 10.1 Å². The molecule has 9 heteroatoms. The SMILES string of the molecule is COc1ccc(C=C(C#N)c2cc(OC)c(OC)c(OC)c2)cc1NC(=O)C(N)CO. The van der Waals surface area contributed by atoms with Crippen molar-refractivity contribution in [3.63, 3.8) is 0 Å². The van der Waals surface area contributed by atoms with Gasteiger partial charge in [-0.2, -0.15) is 5.26 Å². The second kappa shape index (κ2) is 10.9. The molecule has 2 aromatic carbocycles. The molecule has 0 spiro atoms. The average Bonchev–Trinajstić information content (AvgIpc) is 2.80. The molecule has 0 saturated carbocycles. The zero-order valence-electron chi connectivity index (χ0n) is 17.8. The highest BCUT2D eigenvalue weighted by atomic mass is 16.5. The van der Waals surface area contributed by atoms with Crippen LogP contribution in [-0.4, -0.2) is 52.1 Å². The Morgan fingerprint density at radius 2 is 1.71 bits per heavy atom. The summed E-state index contributed by atoms with van der Waals surface area (Å²) in [4.78, 5) is 12.1. The van der Waals surface area contributed by atoms with Crippen LogP contribution in [0.25, 0.3) is 11.6 Å². The topological polar surface area (TPSA) is 136 Å². The predicted molar refractivity (Wildman–Crippen MR) is 116 cm³/mol. The van der Waals surface area contributed by atoms with E-state index in [-0.39, 0.29) is 0 Å². The van der Waals surface area contributed by atoms with Crippen LogP contribution in [0, 0.1) is 11.3 Å². The number of allylic oxidation sites excluding steroid dienone is 1. The van der Waals surface area contributed by atoms with E-state index in [2.05, 4.69) is 11.4 Å². The van der Waals surface area contributed by atoms with Crippen molar-refractivity contribution < 1.29 is 28.8 Å². The minimum absolute atomic E-state index is 0.328. The molecule has 0 heterocycles. The number of aliphatic hydroxyl groups is 1. The van der Waals surface area contributed by atoms with Gasteiger partial charge in [0.1, 0.15) is 11.8 Å². The highest BCUT2D eigenvalue weighted by Crippen LogP contribution is 2.40. The molecular formula is C22H25N3O6. The number of aliphatic hydroxyl groups excluding tert-OH is 1. The van der Waals surface area contributed by atoms with E-state index in [1.807, 2.05) is 0 Å². The Morgan fingerprint density at radius 3 is 2.19 bits per heavy atom. The predicted octanol–water partition coefficient (Wildman–Crippen LogP) is 2.04. The van der Waals surface area contributed by atoms with Crippen molar-refractivity contribution in [3.8, 4) is 29.1 Å². The van der Waals surface area contributed by atoms with Gasteiger partial charge in [0.25, 0.3) is 0 Å². The van der Waals surface area contributed by atoms with Crippen molar-refractivity contribution in [3.05, 3.63) is 41.5 Å². The first kappa shape index (κ1) is 23.5. The molecule has 0 aliphatic rings. The maximum absolute atomic E-state index is 12.1. The summed E-state index contributed by atoms with van der Waals surface area (Å²) in [6.45, 7) is -0.493. The van der Waals surface area contributed by atoms with Gasteiger partial charge in [-0.25, -0.2) is 0 Å². The van der Waals surface area contributed by atoms with Crippen molar-refractivity contribution in [1.29, 1.82) is 5.26 Å². The molecule has 9 nitrogen and oxygen atoms in total. The number of rotatable bonds is 9. The molecular weight excluding hydrogens is 402 g/mol. The third-order valence-electron chi connectivity index (χ3n) is 4.42. The molecule has 0 aromatic heterocycles. The third-order valence-corrected chi connectivity index (χ3v) is 4.42. The van der Waals surface area contributed by atoms with Crippen LogP contribution < -0.4 is 30.0 Å². The molecule has 0 aliphatic carbocycles. The molecule has 0 bridgehead atoms. The van der Waals surface area contributed by atoms with Crippen molar-refractivity contribution in [2.24, 2.45) is 5.73 Å². The number of hydrogen-bond acceptors (Lipinski definition) is 8. The normalized spacial score (nSPS) is 11.8. The van der Waals surface area contributed by atoms with E-state index < -0.39 is 18.6 Å². The molecule has 0 radical (unpaired) electrons. The number of nitrogens with zero attached hydrogens (tertiary/aromatic N) is 1. The largest absolute Gasteiger partial charge is 0.495 e. The highest BCUT2D eigenvalue weighted by Gasteiger charge is 2.17. The molecule has 2 rings (SSSR count). The second-order valence-corrected chi connectivity index (χ2v) is 6.32. The summed E-state index contributed by atoms with van der Waals surface area (Å²) < 4.78 is 21.3. The smallest absolute Gasteiger partial charge is 0.243 e. The number of benzene rings is 2. The van der Waals surface area contributed by atoms with E-state index in [0.717, 1.165) is 0 Å². The minimum atomic E-state index is -1.07. The lowest BCUT2D eigenvalue weighted by atomic mass is 10.0. The Kier molecular flexibility index (Phi) is 8.25. The number of nitrogens with one attached hydrogen (secondary N) is 1. The number of nitriles is 1. The van der Waals surface area contributed by atoms with Crippen LogP contribution in [0.1, 0.15) is 11.1 Å². The van der Waals surface area contributed by atoms with Crippen LogP contribution >= 0.6 is 0 Å². The highest BCUT2D eigenvalue weighted by molar-refractivity contribution is 5.97. The van der Waals surface area contributed by atoms with Gasteiger partial charge < -0.3 is 35.1 Å². The Balaban J connectivity index is 2.51. The monoisotopic (exact) mass is 427 g/mol. The summed E-state index contributed by atoms with van der Waals surface area (Å²) in [6.07, 6.45) is 1.64. The third kappa shape index (κ3) is 5.45. The number of carbonyl (C=O) groups is 1. The Labute approximate surface area is 180 Å². The van der Waals surface area contributed by atoms with Gasteiger partial charge in [0.05, 0.1) is 52.4 Å². The molecule has 0 fully saturated rings. The fourth-order valence-corrected chi connectivity index (χ4v) is 2.80. The first-order valence-electron chi connectivity index (χ1n) is 9.19. The van der Waals surface area contributed by atoms with Gasteiger partial charge in [-0.15, -0.1) is 0 Å². The quantitative estimate of drug-likeness (QED) is 0.409. The number of carbonyl (C=O) groups excluding carboxylic acids is 1. The maximum atomic E-state index is 12.1. The van der Waals surface area contributed by atoms with Crippen LogP contribution in [0.3, 0.4) is 0 Å². The van der Waals surface area contributed by atoms with E-state index in [0.29, 0.717) is 45.4 Å². The van der Waals surface area contributed by atoms with Gasteiger partial charge in [-0.1, -0.05) is 6.07 Å². The summed E-state index contributed by atoms with van der Waals surface area (Å²) in [6, 6.07) is 9.44. The lowest BCUT2D eigenvalue weighted by Crippen LogP contribution is -2.38. The van der Waals surface area contributed by atoms with Gasteiger partial charge in [0, 0.05) is 0 Å². The molecule has 1 atom stereocenters.